The van der Waals surface area contributed by atoms with Crippen molar-refractivity contribution in [2.45, 2.75) is 34.1 Å². The van der Waals surface area contributed by atoms with Gasteiger partial charge in [-0.25, -0.2) is 8.42 Å². The number of carbonyl (C=O) groups is 1. The Hall–Kier alpha value is -0.580. The summed E-state index contributed by atoms with van der Waals surface area (Å²) in [6, 6.07) is 0. The molecule has 106 valence electrons. The lowest BCUT2D eigenvalue weighted by molar-refractivity contribution is -0.137. The number of amides is 1. The van der Waals surface area contributed by atoms with Gasteiger partial charge in [-0.15, -0.1) is 0 Å². The molecule has 0 aromatic rings. The topological polar surface area (TPSA) is 54.5 Å². The molecule has 0 aromatic carbocycles. The average Bonchev–Trinajstić information content (AvgIpc) is 2.54. The number of rotatable bonds is 3. The van der Waals surface area contributed by atoms with Crippen molar-refractivity contribution in [3.05, 3.63) is 0 Å². The molecule has 4 nitrogen and oxygen atoms in total. The van der Waals surface area contributed by atoms with E-state index in [-0.39, 0.29) is 34.7 Å². The molecule has 0 aliphatic carbocycles. The maximum atomic E-state index is 12.2. The van der Waals surface area contributed by atoms with E-state index in [1.807, 2.05) is 27.7 Å². The van der Waals surface area contributed by atoms with Crippen molar-refractivity contribution in [1.29, 1.82) is 0 Å². The normalized spacial score (nSPS) is 24.8. The minimum absolute atomic E-state index is 0.0551. The van der Waals surface area contributed by atoms with E-state index < -0.39 is 9.84 Å². The van der Waals surface area contributed by atoms with E-state index in [4.69, 9.17) is 0 Å². The van der Waals surface area contributed by atoms with E-state index in [0.29, 0.717) is 13.0 Å². The monoisotopic (exact) mass is 275 g/mol. The van der Waals surface area contributed by atoms with Gasteiger partial charge in [0.25, 0.3) is 0 Å². The van der Waals surface area contributed by atoms with Gasteiger partial charge in [0.2, 0.25) is 5.91 Å². The maximum absolute atomic E-state index is 12.2. The molecule has 1 saturated heterocycles. The molecule has 1 heterocycles. The first-order chi connectivity index (χ1) is 8.03. The maximum Gasteiger partial charge on any atom is 0.225 e. The zero-order valence-corrected chi connectivity index (χ0v) is 12.9. The summed E-state index contributed by atoms with van der Waals surface area (Å²) in [5.41, 5.74) is -0.0624. The molecule has 0 saturated carbocycles. The van der Waals surface area contributed by atoms with Crippen molar-refractivity contribution in [2.75, 3.05) is 25.1 Å². The Morgan fingerprint density at radius 1 is 1.39 bits per heavy atom. The minimum atomic E-state index is -2.85. The smallest absolute Gasteiger partial charge is 0.225 e. The second-order valence-electron chi connectivity index (χ2n) is 6.58. The summed E-state index contributed by atoms with van der Waals surface area (Å²) in [4.78, 5) is 13.9. The lowest BCUT2D eigenvalue weighted by atomic mass is 9.81. The van der Waals surface area contributed by atoms with Crippen LogP contribution in [0.4, 0.5) is 0 Å². The van der Waals surface area contributed by atoms with Crippen molar-refractivity contribution >= 4 is 15.7 Å². The fourth-order valence-electron chi connectivity index (χ4n) is 2.19. The van der Waals surface area contributed by atoms with Crippen LogP contribution in [0.3, 0.4) is 0 Å². The molecule has 1 amide bonds. The van der Waals surface area contributed by atoms with Crippen LogP contribution in [0, 0.1) is 17.3 Å². The van der Waals surface area contributed by atoms with Gasteiger partial charge in [-0.2, -0.15) is 0 Å². The molecular formula is C13H25NO3S. The van der Waals surface area contributed by atoms with Gasteiger partial charge in [0.15, 0.2) is 9.84 Å². The van der Waals surface area contributed by atoms with Crippen LogP contribution in [0.2, 0.25) is 0 Å². The molecular weight excluding hydrogens is 250 g/mol. The van der Waals surface area contributed by atoms with Gasteiger partial charge in [-0.05, 0) is 17.8 Å². The molecule has 1 fully saturated rings. The van der Waals surface area contributed by atoms with Crippen LogP contribution in [0.5, 0.6) is 0 Å². The Kier molecular flexibility index (Phi) is 4.47. The van der Waals surface area contributed by atoms with Crippen LogP contribution in [0.15, 0.2) is 0 Å². The third-order valence-electron chi connectivity index (χ3n) is 3.90. The molecule has 18 heavy (non-hydrogen) atoms. The summed E-state index contributed by atoms with van der Waals surface area (Å²) in [6.45, 7) is 8.62. The highest BCUT2D eigenvalue weighted by Gasteiger charge is 2.33. The lowest BCUT2D eigenvalue weighted by Crippen LogP contribution is -2.40. The fraction of sp³-hybridized carbons (Fsp3) is 0.923. The quantitative estimate of drug-likeness (QED) is 0.785. The number of nitrogens with zero attached hydrogens (tertiary/aromatic N) is 1. The summed E-state index contributed by atoms with van der Waals surface area (Å²) in [7, 11) is -1.08. The fourth-order valence-corrected chi connectivity index (χ4v) is 4.04. The molecule has 0 radical (unpaired) electrons. The van der Waals surface area contributed by atoms with Gasteiger partial charge < -0.3 is 4.90 Å². The summed E-state index contributed by atoms with van der Waals surface area (Å²) < 4.78 is 22.8. The highest BCUT2D eigenvalue weighted by molar-refractivity contribution is 7.91. The molecule has 2 atom stereocenters. The van der Waals surface area contributed by atoms with Crippen molar-refractivity contribution in [2.24, 2.45) is 17.3 Å². The van der Waals surface area contributed by atoms with Crippen LogP contribution in [-0.2, 0) is 14.6 Å². The minimum Gasteiger partial charge on any atom is -0.345 e. The molecule has 0 N–H and O–H groups in total. The highest BCUT2D eigenvalue weighted by atomic mass is 32.2. The Morgan fingerprint density at radius 2 is 1.94 bits per heavy atom. The zero-order valence-electron chi connectivity index (χ0n) is 12.1. The first-order valence-corrected chi connectivity index (χ1v) is 8.30. The Labute approximate surface area is 111 Å². The van der Waals surface area contributed by atoms with Gasteiger partial charge in [-0.3, -0.25) is 4.79 Å². The SMILES string of the molecule is CC(C(=O)N(C)CC1CCS(=O)(=O)C1)C(C)(C)C. The second-order valence-corrected chi connectivity index (χ2v) is 8.80. The van der Waals surface area contributed by atoms with Gasteiger partial charge in [-0.1, -0.05) is 27.7 Å². The first kappa shape index (κ1) is 15.5. The van der Waals surface area contributed by atoms with Gasteiger partial charge >= 0.3 is 0 Å². The van der Waals surface area contributed by atoms with Gasteiger partial charge in [0.05, 0.1) is 11.5 Å². The van der Waals surface area contributed by atoms with E-state index in [1.54, 1.807) is 11.9 Å². The molecule has 0 spiro atoms. The van der Waals surface area contributed by atoms with Crippen LogP contribution in [-0.4, -0.2) is 44.3 Å². The highest BCUT2D eigenvalue weighted by Crippen LogP contribution is 2.27. The molecule has 0 aromatic heterocycles. The standard InChI is InChI=1S/C13H25NO3S/c1-10(13(2,3)4)12(15)14(5)8-11-6-7-18(16,17)9-11/h10-11H,6-9H2,1-5H3. The van der Waals surface area contributed by atoms with E-state index in [1.165, 1.54) is 0 Å². The summed E-state index contributed by atoms with van der Waals surface area (Å²) in [5.74, 6) is 0.659. The third-order valence-corrected chi connectivity index (χ3v) is 5.74. The largest absolute Gasteiger partial charge is 0.345 e. The van der Waals surface area contributed by atoms with E-state index >= 15 is 0 Å². The average molecular weight is 275 g/mol. The Bertz CT molecular complexity index is 408. The van der Waals surface area contributed by atoms with E-state index in [9.17, 15) is 13.2 Å². The Balaban J connectivity index is 2.56. The van der Waals surface area contributed by atoms with E-state index in [2.05, 4.69) is 0 Å². The number of hydrogen-bond donors (Lipinski definition) is 0. The zero-order chi connectivity index (χ0) is 14.1. The third kappa shape index (κ3) is 3.97. The molecule has 5 heteroatoms. The molecule has 1 rings (SSSR count). The van der Waals surface area contributed by atoms with Crippen molar-refractivity contribution < 1.29 is 13.2 Å². The summed E-state index contributed by atoms with van der Waals surface area (Å²) >= 11 is 0. The predicted octanol–water partition coefficient (Wildman–Crippen LogP) is 1.56. The Morgan fingerprint density at radius 3 is 2.33 bits per heavy atom. The van der Waals surface area contributed by atoms with Crippen LogP contribution < -0.4 is 0 Å². The van der Waals surface area contributed by atoms with Crippen LogP contribution >= 0.6 is 0 Å². The van der Waals surface area contributed by atoms with Gasteiger partial charge in [0, 0.05) is 19.5 Å². The summed E-state index contributed by atoms with van der Waals surface area (Å²) in [6.07, 6.45) is 0.684. The molecule has 1 aliphatic rings. The van der Waals surface area contributed by atoms with E-state index in [0.717, 1.165) is 0 Å². The number of sulfone groups is 1. The molecule has 2 unspecified atom stereocenters. The van der Waals surface area contributed by atoms with Crippen LogP contribution in [0.25, 0.3) is 0 Å². The molecule has 0 bridgehead atoms. The summed E-state index contributed by atoms with van der Waals surface area (Å²) in [5, 5.41) is 0. The predicted molar refractivity (Wildman–Crippen MR) is 73.0 cm³/mol. The van der Waals surface area contributed by atoms with Crippen molar-refractivity contribution in [3.63, 3.8) is 0 Å². The van der Waals surface area contributed by atoms with Crippen molar-refractivity contribution in [1.82, 2.24) is 4.90 Å². The first-order valence-electron chi connectivity index (χ1n) is 6.48. The molecule has 1 aliphatic heterocycles. The lowest BCUT2D eigenvalue weighted by Gasteiger charge is -2.31. The van der Waals surface area contributed by atoms with Crippen molar-refractivity contribution in [3.8, 4) is 0 Å². The van der Waals surface area contributed by atoms with Gasteiger partial charge in [0.1, 0.15) is 0 Å². The number of hydrogen-bond acceptors (Lipinski definition) is 3. The second kappa shape index (κ2) is 5.19. The van der Waals surface area contributed by atoms with Crippen LogP contribution in [0.1, 0.15) is 34.1 Å². The number of carbonyl (C=O) groups excluding carboxylic acids is 1.